The number of pyridine rings is 1. The molecule has 6 nitrogen and oxygen atoms in total. The summed E-state index contributed by atoms with van der Waals surface area (Å²) in [5, 5.41) is 8.47. The third kappa shape index (κ3) is 3.07. The van der Waals surface area contributed by atoms with E-state index in [0.29, 0.717) is 12.0 Å². The van der Waals surface area contributed by atoms with Crippen molar-refractivity contribution in [3.05, 3.63) is 58.2 Å². The predicted molar refractivity (Wildman–Crippen MR) is 92.3 cm³/mol. The molecule has 128 valence electrons. The van der Waals surface area contributed by atoms with Gasteiger partial charge in [-0.05, 0) is 24.1 Å². The molecule has 3 N–H and O–H groups in total. The van der Waals surface area contributed by atoms with Gasteiger partial charge in [0.05, 0.1) is 27.3 Å². The van der Waals surface area contributed by atoms with Crippen molar-refractivity contribution >= 4 is 39.8 Å². The maximum absolute atomic E-state index is 12.2. The van der Waals surface area contributed by atoms with Gasteiger partial charge in [-0.2, -0.15) is 0 Å². The van der Waals surface area contributed by atoms with E-state index in [2.05, 4.69) is 0 Å². The minimum atomic E-state index is -3.33. The van der Waals surface area contributed by atoms with E-state index in [1.54, 1.807) is 24.3 Å². The number of aromatic nitrogens is 1. The molecule has 1 atom stereocenters. The number of hydrogen-bond donors (Lipinski definition) is 2. The Morgan fingerprint density at radius 3 is 2.67 bits per heavy atom. The molecule has 1 aliphatic rings. The molecule has 2 aromatic rings. The quantitative estimate of drug-likeness (QED) is 0.821. The van der Waals surface area contributed by atoms with Crippen LogP contribution in [0.1, 0.15) is 28.4 Å². The summed E-state index contributed by atoms with van der Waals surface area (Å²) < 4.78 is 26.0. The fourth-order valence-corrected chi connectivity index (χ4v) is 4.69. The second kappa shape index (κ2) is 6.58. The standard InChI is InChI=1S/C15H14ClN3O3S.ClH/c16-9-7-11(15(18)20)14(17)19(8-9)12-5-6-23(21,22)13-4-2-1-3-10(12)13;/h1-4,7-8,12,17H,5-6H2,(H2,18,20);1H. The smallest absolute Gasteiger partial charge is 0.252 e. The van der Waals surface area contributed by atoms with Crippen molar-refractivity contribution in [1.82, 2.24) is 4.57 Å². The van der Waals surface area contributed by atoms with Crippen LogP contribution in [0.25, 0.3) is 0 Å². The zero-order valence-corrected chi connectivity index (χ0v) is 14.8. The molecule has 1 aliphatic heterocycles. The van der Waals surface area contributed by atoms with Crippen LogP contribution in [0.5, 0.6) is 0 Å². The fourth-order valence-electron chi connectivity index (χ4n) is 2.87. The van der Waals surface area contributed by atoms with E-state index in [0.717, 1.165) is 0 Å². The minimum Gasteiger partial charge on any atom is -0.365 e. The van der Waals surface area contributed by atoms with E-state index in [1.165, 1.54) is 16.8 Å². The molecule has 9 heteroatoms. The highest BCUT2D eigenvalue weighted by molar-refractivity contribution is 7.91. The lowest BCUT2D eigenvalue weighted by Crippen LogP contribution is -2.35. The first kappa shape index (κ1) is 18.5. The van der Waals surface area contributed by atoms with Crippen molar-refractivity contribution in [3.63, 3.8) is 0 Å². The monoisotopic (exact) mass is 387 g/mol. The van der Waals surface area contributed by atoms with Gasteiger partial charge in [-0.3, -0.25) is 10.2 Å². The van der Waals surface area contributed by atoms with Crippen molar-refractivity contribution in [2.45, 2.75) is 17.4 Å². The van der Waals surface area contributed by atoms with Crippen LogP contribution >= 0.6 is 24.0 Å². The summed E-state index contributed by atoms with van der Waals surface area (Å²) in [5.74, 6) is -0.775. The third-order valence-electron chi connectivity index (χ3n) is 3.93. The molecule has 24 heavy (non-hydrogen) atoms. The number of sulfone groups is 1. The van der Waals surface area contributed by atoms with E-state index >= 15 is 0 Å². The van der Waals surface area contributed by atoms with Crippen LogP contribution < -0.4 is 11.2 Å². The Morgan fingerprint density at radius 1 is 1.33 bits per heavy atom. The van der Waals surface area contributed by atoms with Crippen LogP contribution in [0.4, 0.5) is 0 Å². The molecule has 1 aromatic carbocycles. The van der Waals surface area contributed by atoms with Gasteiger partial charge in [0.2, 0.25) is 0 Å². The Hall–Kier alpha value is -1.83. The number of amides is 1. The highest BCUT2D eigenvalue weighted by Crippen LogP contribution is 2.34. The molecule has 0 spiro atoms. The first-order valence-electron chi connectivity index (χ1n) is 6.89. The van der Waals surface area contributed by atoms with Crippen molar-refractivity contribution in [1.29, 1.82) is 5.41 Å². The number of fused-ring (bicyclic) bond motifs is 1. The van der Waals surface area contributed by atoms with Crippen LogP contribution in [-0.4, -0.2) is 24.6 Å². The maximum Gasteiger partial charge on any atom is 0.252 e. The lowest BCUT2D eigenvalue weighted by Gasteiger charge is -2.28. The van der Waals surface area contributed by atoms with E-state index in [1.807, 2.05) is 0 Å². The number of hydrogen-bond acceptors (Lipinski definition) is 4. The zero-order valence-electron chi connectivity index (χ0n) is 12.4. The lowest BCUT2D eigenvalue weighted by molar-refractivity contribution is 0.0997. The van der Waals surface area contributed by atoms with Gasteiger partial charge in [0.25, 0.3) is 5.91 Å². The number of rotatable bonds is 2. The molecular formula is C15H15Cl2N3O3S. The van der Waals surface area contributed by atoms with Crippen molar-refractivity contribution in [2.75, 3.05) is 5.75 Å². The predicted octanol–water partition coefficient (Wildman–Crippen LogP) is 1.91. The average molecular weight is 388 g/mol. The zero-order chi connectivity index (χ0) is 16.8. The number of nitrogens with zero attached hydrogens (tertiary/aromatic N) is 1. The van der Waals surface area contributed by atoms with Crippen LogP contribution in [0, 0.1) is 5.41 Å². The Morgan fingerprint density at radius 2 is 2.00 bits per heavy atom. The van der Waals surface area contributed by atoms with E-state index < -0.39 is 15.7 Å². The summed E-state index contributed by atoms with van der Waals surface area (Å²) in [6.07, 6.45) is 1.82. The molecule has 0 fully saturated rings. The third-order valence-corrected chi connectivity index (χ3v) is 5.95. The molecule has 0 bridgehead atoms. The molecule has 0 saturated heterocycles. The molecule has 0 aliphatic carbocycles. The van der Waals surface area contributed by atoms with E-state index in [9.17, 15) is 13.2 Å². The van der Waals surface area contributed by atoms with Gasteiger partial charge in [0.15, 0.2) is 9.84 Å². The normalized spacial score (nSPS) is 18.3. The first-order chi connectivity index (χ1) is 10.8. The summed E-state index contributed by atoms with van der Waals surface area (Å²) in [4.78, 5) is 11.7. The number of nitrogens with one attached hydrogen (secondary N) is 1. The maximum atomic E-state index is 12.2. The highest BCUT2D eigenvalue weighted by atomic mass is 35.5. The van der Waals surface area contributed by atoms with Gasteiger partial charge >= 0.3 is 0 Å². The summed E-state index contributed by atoms with van der Waals surface area (Å²) in [5.41, 5.74) is 5.81. The Labute approximate surface area is 150 Å². The highest BCUT2D eigenvalue weighted by Gasteiger charge is 2.31. The molecule has 0 saturated carbocycles. The summed E-state index contributed by atoms with van der Waals surface area (Å²) in [6.45, 7) is 0. The number of benzene rings is 1. The molecular weight excluding hydrogens is 373 g/mol. The Balaban J connectivity index is 0.00000208. The van der Waals surface area contributed by atoms with Crippen LogP contribution in [0.15, 0.2) is 41.4 Å². The van der Waals surface area contributed by atoms with Crippen molar-refractivity contribution < 1.29 is 13.2 Å². The number of carbonyl (C=O) groups is 1. The number of nitrogens with two attached hydrogens (primary N) is 1. The summed E-state index contributed by atoms with van der Waals surface area (Å²) >= 11 is 6.04. The lowest BCUT2D eigenvalue weighted by atomic mass is 10.0. The van der Waals surface area contributed by atoms with E-state index in [4.69, 9.17) is 22.7 Å². The Kier molecular flexibility index (Phi) is 5.08. The second-order valence-corrected chi connectivity index (χ2v) is 7.87. The first-order valence-corrected chi connectivity index (χ1v) is 8.92. The Bertz CT molecular complexity index is 970. The minimum absolute atomic E-state index is 0. The molecule has 1 unspecified atom stereocenters. The summed E-state index contributed by atoms with van der Waals surface area (Å²) in [7, 11) is -3.33. The largest absolute Gasteiger partial charge is 0.365 e. The molecule has 1 aromatic heterocycles. The van der Waals surface area contributed by atoms with Gasteiger partial charge in [-0.25, -0.2) is 8.42 Å². The van der Waals surface area contributed by atoms with Gasteiger partial charge in [-0.1, -0.05) is 29.8 Å². The van der Waals surface area contributed by atoms with Crippen molar-refractivity contribution in [2.24, 2.45) is 5.73 Å². The average Bonchev–Trinajstić information content (AvgIpc) is 2.50. The van der Waals surface area contributed by atoms with Gasteiger partial charge in [0, 0.05) is 6.20 Å². The van der Waals surface area contributed by atoms with Gasteiger partial charge in [-0.15, -0.1) is 12.4 Å². The number of halogens is 2. The topological polar surface area (TPSA) is 106 Å². The van der Waals surface area contributed by atoms with Crippen molar-refractivity contribution in [3.8, 4) is 0 Å². The fraction of sp³-hybridized carbons (Fsp3) is 0.200. The van der Waals surface area contributed by atoms with Crippen LogP contribution in [0.2, 0.25) is 5.02 Å². The molecule has 2 heterocycles. The van der Waals surface area contributed by atoms with E-state index in [-0.39, 0.29) is 45.2 Å². The second-order valence-electron chi connectivity index (χ2n) is 5.35. The molecule has 0 radical (unpaired) electrons. The molecule has 1 amide bonds. The van der Waals surface area contributed by atoms with Crippen LogP contribution in [-0.2, 0) is 9.84 Å². The van der Waals surface area contributed by atoms with Gasteiger partial charge in [0.1, 0.15) is 5.49 Å². The number of carbonyl (C=O) groups excluding carboxylic acids is 1. The number of primary amides is 1. The summed E-state index contributed by atoms with van der Waals surface area (Å²) in [6, 6.07) is 7.63. The van der Waals surface area contributed by atoms with Gasteiger partial charge < -0.3 is 10.3 Å². The SMILES string of the molecule is Cl.N=c1c(C(N)=O)cc(Cl)cn1C1CCS(=O)(=O)c2ccccc21. The molecule has 3 rings (SSSR count). The van der Waals surface area contributed by atoms with Crippen LogP contribution in [0.3, 0.4) is 0 Å².